The summed E-state index contributed by atoms with van der Waals surface area (Å²) in [6, 6.07) is 18.0. The van der Waals surface area contributed by atoms with Gasteiger partial charge in [0.05, 0.1) is 15.8 Å². The second kappa shape index (κ2) is 11.3. The number of hydrogen-bond acceptors (Lipinski definition) is 6. The van der Waals surface area contributed by atoms with Gasteiger partial charge in [-0.25, -0.2) is 23.1 Å². The minimum Gasteiger partial charge on any atom is -0.325 e. The van der Waals surface area contributed by atoms with E-state index in [0.717, 1.165) is 43.4 Å². The molecule has 3 aromatic rings. The highest BCUT2D eigenvalue weighted by Gasteiger charge is 2.22. The fourth-order valence-electron chi connectivity index (χ4n) is 4.06. The molecular formula is C26H30N4O3S2. The van der Waals surface area contributed by atoms with Crippen molar-refractivity contribution >= 4 is 33.4 Å². The van der Waals surface area contributed by atoms with Crippen LogP contribution in [0.1, 0.15) is 44.9 Å². The average molecular weight is 511 g/mol. The largest absolute Gasteiger partial charge is 0.325 e. The quantitative estimate of drug-likeness (QED) is 0.320. The minimum absolute atomic E-state index is 0.00107. The molecule has 0 aliphatic heterocycles. The summed E-state index contributed by atoms with van der Waals surface area (Å²) >= 11 is 1.35. The van der Waals surface area contributed by atoms with Crippen LogP contribution >= 0.6 is 11.8 Å². The van der Waals surface area contributed by atoms with Crippen LogP contribution in [-0.2, 0) is 14.8 Å². The van der Waals surface area contributed by atoms with Gasteiger partial charge in [-0.1, -0.05) is 61.4 Å². The van der Waals surface area contributed by atoms with Gasteiger partial charge in [-0.15, -0.1) is 0 Å². The molecule has 1 amide bonds. The molecule has 1 saturated carbocycles. The van der Waals surface area contributed by atoms with E-state index in [1.807, 2.05) is 50.2 Å². The third-order valence-electron chi connectivity index (χ3n) is 5.91. The SMILES string of the molecule is Cc1nc(SC(C)C(=O)Nc2ccc(S(=O)(=O)NC3CCCCC3)cc2)cc(-c2ccccc2)n1. The lowest BCUT2D eigenvalue weighted by Crippen LogP contribution is -2.36. The molecule has 0 spiro atoms. The van der Waals surface area contributed by atoms with Gasteiger partial charge in [-0.05, 0) is 57.0 Å². The maximum atomic E-state index is 12.8. The van der Waals surface area contributed by atoms with Gasteiger partial charge < -0.3 is 5.32 Å². The van der Waals surface area contributed by atoms with Gasteiger partial charge >= 0.3 is 0 Å². The normalized spacial score (nSPS) is 15.5. The van der Waals surface area contributed by atoms with Crippen molar-refractivity contribution in [1.82, 2.24) is 14.7 Å². The highest BCUT2D eigenvalue weighted by atomic mass is 32.2. The van der Waals surface area contributed by atoms with E-state index >= 15 is 0 Å². The number of hydrogen-bond donors (Lipinski definition) is 2. The summed E-state index contributed by atoms with van der Waals surface area (Å²) in [4.78, 5) is 22.0. The summed E-state index contributed by atoms with van der Waals surface area (Å²) in [6.45, 7) is 3.65. The molecule has 0 saturated heterocycles. The van der Waals surface area contributed by atoms with Gasteiger partial charge in [-0.2, -0.15) is 0 Å². The van der Waals surface area contributed by atoms with Crippen LogP contribution in [-0.4, -0.2) is 35.6 Å². The molecule has 2 N–H and O–H groups in total. The summed E-state index contributed by atoms with van der Waals surface area (Å²) in [5.74, 6) is 0.448. The number of carbonyl (C=O) groups is 1. The van der Waals surface area contributed by atoms with Gasteiger partial charge in [-0.3, -0.25) is 4.79 Å². The molecule has 9 heteroatoms. The van der Waals surface area contributed by atoms with Gasteiger partial charge in [0.25, 0.3) is 0 Å². The van der Waals surface area contributed by atoms with E-state index in [-0.39, 0.29) is 16.8 Å². The predicted molar refractivity (Wildman–Crippen MR) is 140 cm³/mol. The highest BCUT2D eigenvalue weighted by Crippen LogP contribution is 2.27. The summed E-state index contributed by atoms with van der Waals surface area (Å²) in [5.41, 5.74) is 2.35. The van der Waals surface area contributed by atoms with E-state index < -0.39 is 15.3 Å². The molecule has 2 aromatic carbocycles. The lowest BCUT2D eigenvalue weighted by atomic mass is 9.96. The van der Waals surface area contributed by atoms with Crippen LogP contribution in [0.25, 0.3) is 11.3 Å². The fourth-order valence-corrected chi connectivity index (χ4v) is 6.26. The first kappa shape index (κ1) is 25.3. The third kappa shape index (κ3) is 6.90. The molecule has 35 heavy (non-hydrogen) atoms. The molecule has 7 nitrogen and oxygen atoms in total. The first-order valence-electron chi connectivity index (χ1n) is 11.8. The number of aromatic nitrogens is 2. The Kier molecular flexibility index (Phi) is 8.20. The Morgan fingerprint density at radius 1 is 1.00 bits per heavy atom. The molecule has 0 bridgehead atoms. The van der Waals surface area contributed by atoms with Crippen molar-refractivity contribution in [1.29, 1.82) is 0 Å². The Hall–Kier alpha value is -2.75. The Morgan fingerprint density at radius 2 is 1.69 bits per heavy atom. The standard InChI is InChI=1S/C26H30N4O3S2/c1-18(34-25-17-24(27-19(2)28-25)20-9-5-3-6-10-20)26(31)29-21-13-15-23(16-14-21)35(32,33)30-22-11-7-4-8-12-22/h3,5-6,9-10,13-18,22,30H,4,7-8,11-12H2,1-2H3,(H,29,31). The van der Waals surface area contributed by atoms with Crippen molar-refractivity contribution in [3.05, 3.63) is 66.5 Å². The van der Waals surface area contributed by atoms with Crippen LogP contribution in [0.5, 0.6) is 0 Å². The Labute approximate surface area is 211 Å². The Morgan fingerprint density at radius 3 is 2.37 bits per heavy atom. The average Bonchev–Trinajstić information content (AvgIpc) is 2.85. The van der Waals surface area contributed by atoms with Crippen molar-refractivity contribution in [3.63, 3.8) is 0 Å². The Balaban J connectivity index is 1.38. The smallest absolute Gasteiger partial charge is 0.240 e. The van der Waals surface area contributed by atoms with E-state index in [2.05, 4.69) is 20.0 Å². The van der Waals surface area contributed by atoms with Gasteiger partial charge in [0.2, 0.25) is 15.9 Å². The Bertz CT molecular complexity index is 1260. The van der Waals surface area contributed by atoms with Crippen molar-refractivity contribution < 1.29 is 13.2 Å². The number of sulfonamides is 1. The number of rotatable bonds is 8. The topological polar surface area (TPSA) is 101 Å². The lowest BCUT2D eigenvalue weighted by molar-refractivity contribution is -0.115. The zero-order valence-electron chi connectivity index (χ0n) is 19.9. The van der Waals surface area contributed by atoms with Crippen LogP contribution in [0.4, 0.5) is 5.69 Å². The molecule has 1 fully saturated rings. The molecule has 1 unspecified atom stereocenters. The highest BCUT2D eigenvalue weighted by molar-refractivity contribution is 8.00. The van der Waals surface area contributed by atoms with Crippen molar-refractivity contribution in [2.45, 2.75) is 67.2 Å². The minimum atomic E-state index is -3.57. The third-order valence-corrected chi connectivity index (χ3v) is 8.46. The van der Waals surface area contributed by atoms with E-state index in [1.54, 1.807) is 12.1 Å². The summed E-state index contributed by atoms with van der Waals surface area (Å²) in [6.07, 6.45) is 5.02. The molecule has 4 rings (SSSR count). The molecule has 1 aromatic heterocycles. The zero-order valence-corrected chi connectivity index (χ0v) is 21.5. The van der Waals surface area contributed by atoms with Gasteiger partial charge in [0, 0.05) is 17.3 Å². The van der Waals surface area contributed by atoms with E-state index in [4.69, 9.17) is 0 Å². The van der Waals surface area contributed by atoms with Crippen LogP contribution in [0, 0.1) is 6.92 Å². The molecule has 1 aliphatic rings. The van der Waals surface area contributed by atoms with Gasteiger partial charge in [0.1, 0.15) is 10.9 Å². The monoisotopic (exact) mass is 510 g/mol. The fraction of sp³-hybridized carbons (Fsp3) is 0.346. The van der Waals surface area contributed by atoms with Crippen molar-refractivity contribution in [3.8, 4) is 11.3 Å². The second-order valence-electron chi connectivity index (χ2n) is 8.73. The maximum Gasteiger partial charge on any atom is 0.240 e. The molecule has 0 radical (unpaired) electrons. The van der Waals surface area contributed by atoms with E-state index in [0.29, 0.717) is 16.5 Å². The number of anilines is 1. The van der Waals surface area contributed by atoms with Crippen LogP contribution in [0.15, 0.2) is 70.6 Å². The van der Waals surface area contributed by atoms with Crippen LogP contribution in [0.2, 0.25) is 0 Å². The number of benzene rings is 2. The molecular weight excluding hydrogens is 480 g/mol. The first-order valence-corrected chi connectivity index (χ1v) is 14.2. The first-order chi connectivity index (χ1) is 16.8. The molecule has 184 valence electrons. The number of thioether (sulfide) groups is 1. The maximum absolute atomic E-state index is 12.8. The van der Waals surface area contributed by atoms with E-state index in [1.165, 1.54) is 23.9 Å². The molecule has 1 aliphatic carbocycles. The van der Waals surface area contributed by atoms with Crippen molar-refractivity contribution in [2.24, 2.45) is 0 Å². The summed E-state index contributed by atoms with van der Waals surface area (Å²) in [5, 5.41) is 3.17. The van der Waals surface area contributed by atoms with Crippen molar-refractivity contribution in [2.75, 3.05) is 5.32 Å². The van der Waals surface area contributed by atoms with E-state index in [9.17, 15) is 13.2 Å². The number of carbonyl (C=O) groups excluding carboxylic acids is 1. The summed E-state index contributed by atoms with van der Waals surface area (Å²) in [7, 11) is -3.57. The van der Waals surface area contributed by atoms with Crippen LogP contribution < -0.4 is 10.0 Å². The molecule has 1 heterocycles. The van der Waals surface area contributed by atoms with Gasteiger partial charge in [0.15, 0.2) is 0 Å². The number of aryl methyl sites for hydroxylation is 1. The second-order valence-corrected chi connectivity index (χ2v) is 11.8. The zero-order chi connectivity index (χ0) is 24.8. The number of amides is 1. The molecule has 1 atom stereocenters. The summed E-state index contributed by atoms with van der Waals surface area (Å²) < 4.78 is 28.2. The predicted octanol–water partition coefficient (Wildman–Crippen LogP) is 5.18. The van der Waals surface area contributed by atoms with Crippen LogP contribution in [0.3, 0.4) is 0 Å². The lowest BCUT2D eigenvalue weighted by Gasteiger charge is -2.22. The number of nitrogens with zero attached hydrogens (tertiary/aromatic N) is 2. The number of nitrogens with one attached hydrogen (secondary N) is 2.